The number of pyridine rings is 3. The number of nitrogens with two attached hydrogens (primary N) is 1. The average Bonchev–Trinajstić information content (AvgIpc) is 3.76. The van der Waals surface area contributed by atoms with Gasteiger partial charge in [-0.3, -0.25) is 4.98 Å². The van der Waals surface area contributed by atoms with Gasteiger partial charge in [-0.2, -0.15) is 0 Å². The molecule has 6 heteroatoms. The molecule has 3 aromatic heterocycles. The minimum atomic E-state index is 0.601. The van der Waals surface area contributed by atoms with Crippen LogP contribution in [0.25, 0.3) is 12.2 Å². The number of allylic oxidation sites excluding steroid dienone is 1. The number of aromatic nitrogens is 3. The second-order valence-corrected chi connectivity index (χ2v) is 11.8. The highest BCUT2D eigenvalue weighted by atomic mass is 16.5. The SMILES string of the molecule is CC1=Cc2cc(Oc3ccccc3)ncc2C1.CC1Cc2ccncc2C1.NCC1=Cc2cc(Oc3ccccc3)ncc2C1. The zero-order valence-corrected chi connectivity index (χ0v) is 25.8. The van der Waals surface area contributed by atoms with Crippen LogP contribution >= 0.6 is 0 Å². The van der Waals surface area contributed by atoms with E-state index in [1.807, 2.05) is 97.6 Å². The zero-order valence-electron chi connectivity index (χ0n) is 25.8. The molecule has 8 rings (SSSR count). The van der Waals surface area contributed by atoms with E-state index in [0.717, 1.165) is 35.8 Å². The number of ether oxygens (including phenoxy) is 2. The van der Waals surface area contributed by atoms with Crippen molar-refractivity contribution in [1.82, 2.24) is 15.0 Å². The number of hydrogen-bond acceptors (Lipinski definition) is 6. The first-order valence-electron chi connectivity index (χ1n) is 15.4. The van der Waals surface area contributed by atoms with Crippen molar-refractivity contribution >= 4 is 12.2 Å². The fourth-order valence-electron chi connectivity index (χ4n) is 5.78. The highest BCUT2D eigenvalue weighted by Crippen LogP contribution is 2.30. The van der Waals surface area contributed by atoms with Gasteiger partial charge in [-0.05, 0) is 102 Å². The maximum Gasteiger partial charge on any atom is 0.219 e. The molecular formula is C39H38N4O2. The van der Waals surface area contributed by atoms with Crippen molar-refractivity contribution in [2.24, 2.45) is 11.7 Å². The highest BCUT2D eigenvalue weighted by molar-refractivity contribution is 5.65. The minimum Gasteiger partial charge on any atom is -0.439 e. The summed E-state index contributed by atoms with van der Waals surface area (Å²) in [6.07, 6.45) is 16.4. The molecule has 0 fully saturated rings. The first-order chi connectivity index (χ1) is 22.0. The topological polar surface area (TPSA) is 83.2 Å². The van der Waals surface area contributed by atoms with Crippen LogP contribution in [0.2, 0.25) is 0 Å². The van der Waals surface area contributed by atoms with Crippen molar-refractivity contribution in [3.63, 3.8) is 0 Å². The van der Waals surface area contributed by atoms with Crippen LogP contribution in [0.5, 0.6) is 23.3 Å². The van der Waals surface area contributed by atoms with Crippen molar-refractivity contribution in [1.29, 1.82) is 0 Å². The van der Waals surface area contributed by atoms with Crippen molar-refractivity contribution < 1.29 is 9.47 Å². The van der Waals surface area contributed by atoms with Crippen molar-refractivity contribution in [2.45, 2.75) is 39.5 Å². The van der Waals surface area contributed by atoms with Crippen LogP contribution in [0.4, 0.5) is 0 Å². The molecule has 45 heavy (non-hydrogen) atoms. The third kappa shape index (κ3) is 7.91. The van der Waals surface area contributed by atoms with Gasteiger partial charge >= 0.3 is 0 Å². The Morgan fingerprint density at radius 1 is 0.689 bits per heavy atom. The lowest BCUT2D eigenvalue weighted by Gasteiger charge is -2.05. The fraction of sp³-hybridized carbons (Fsp3) is 0.205. The maximum atomic E-state index is 5.70. The minimum absolute atomic E-state index is 0.601. The molecule has 226 valence electrons. The number of benzene rings is 2. The molecule has 3 aliphatic rings. The molecule has 0 saturated carbocycles. The fourth-order valence-corrected chi connectivity index (χ4v) is 5.78. The Hall–Kier alpha value is -5.07. The van der Waals surface area contributed by atoms with E-state index in [1.165, 1.54) is 51.8 Å². The van der Waals surface area contributed by atoms with Gasteiger partial charge < -0.3 is 15.2 Å². The molecule has 0 aliphatic heterocycles. The molecule has 5 aromatic rings. The number of rotatable bonds is 5. The van der Waals surface area contributed by atoms with Gasteiger partial charge in [0.1, 0.15) is 11.5 Å². The lowest BCUT2D eigenvalue weighted by atomic mass is 10.1. The van der Waals surface area contributed by atoms with Crippen molar-refractivity contribution in [2.75, 3.05) is 6.54 Å². The van der Waals surface area contributed by atoms with Crippen LogP contribution in [0.15, 0.2) is 115 Å². The van der Waals surface area contributed by atoms with Crippen LogP contribution < -0.4 is 15.2 Å². The summed E-state index contributed by atoms with van der Waals surface area (Å²) < 4.78 is 11.4. The summed E-state index contributed by atoms with van der Waals surface area (Å²) in [7, 11) is 0. The Balaban J connectivity index is 0.000000124. The van der Waals surface area contributed by atoms with Crippen LogP contribution in [0.1, 0.15) is 47.2 Å². The van der Waals surface area contributed by atoms with E-state index in [0.29, 0.717) is 18.3 Å². The third-order valence-corrected chi connectivity index (χ3v) is 7.98. The van der Waals surface area contributed by atoms with Crippen molar-refractivity contribution in [3.05, 3.63) is 148 Å². The van der Waals surface area contributed by atoms with Crippen molar-refractivity contribution in [3.8, 4) is 23.3 Å². The molecule has 0 radical (unpaired) electrons. The molecule has 2 N–H and O–H groups in total. The van der Waals surface area contributed by atoms with E-state index < -0.39 is 0 Å². The molecule has 0 saturated heterocycles. The van der Waals surface area contributed by atoms with E-state index in [-0.39, 0.29) is 0 Å². The van der Waals surface area contributed by atoms with E-state index in [4.69, 9.17) is 15.2 Å². The number of hydrogen-bond donors (Lipinski definition) is 1. The van der Waals surface area contributed by atoms with Gasteiger partial charge in [0.05, 0.1) is 0 Å². The lowest BCUT2D eigenvalue weighted by Crippen LogP contribution is -2.02. The summed E-state index contributed by atoms with van der Waals surface area (Å²) in [6.45, 7) is 5.03. The number of nitrogens with zero attached hydrogens (tertiary/aromatic N) is 3. The molecular weight excluding hydrogens is 556 g/mol. The summed E-state index contributed by atoms with van der Waals surface area (Å²) in [6, 6.07) is 25.5. The molecule has 0 bridgehead atoms. The Kier molecular flexibility index (Phi) is 9.42. The third-order valence-electron chi connectivity index (χ3n) is 7.98. The predicted molar refractivity (Wildman–Crippen MR) is 180 cm³/mol. The smallest absolute Gasteiger partial charge is 0.219 e. The quantitative estimate of drug-likeness (QED) is 0.220. The Bertz CT molecular complexity index is 1790. The summed E-state index contributed by atoms with van der Waals surface area (Å²) in [5, 5.41) is 0. The van der Waals surface area contributed by atoms with E-state index in [9.17, 15) is 0 Å². The molecule has 3 heterocycles. The maximum absolute atomic E-state index is 5.70. The van der Waals surface area contributed by atoms with Gasteiger partial charge in [0.2, 0.25) is 11.8 Å². The first kappa shape index (κ1) is 30.0. The van der Waals surface area contributed by atoms with Gasteiger partial charge in [-0.25, -0.2) is 9.97 Å². The summed E-state index contributed by atoms with van der Waals surface area (Å²) in [5.41, 5.74) is 16.1. The molecule has 3 aliphatic carbocycles. The number of para-hydroxylation sites is 2. The largest absolute Gasteiger partial charge is 0.439 e. The lowest BCUT2D eigenvalue weighted by molar-refractivity contribution is 0.462. The summed E-state index contributed by atoms with van der Waals surface area (Å²) >= 11 is 0. The van der Waals surface area contributed by atoms with Gasteiger partial charge in [-0.15, -0.1) is 0 Å². The van der Waals surface area contributed by atoms with E-state index in [1.54, 1.807) is 0 Å². The second-order valence-electron chi connectivity index (χ2n) is 11.8. The Labute approximate surface area is 265 Å². The zero-order chi connectivity index (χ0) is 31.0. The second kappa shape index (κ2) is 14.1. The van der Waals surface area contributed by atoms with E-state index in [2.05, 4.69) is 47.0 Å². The van der Waals surface area contributed by atoms with E-state index >= 15 is 0 Å². The normalized spacial score (nSPS) is 15.2. The molecule has 6 nitrogen and oxygen atoms in total. The van der Waals surface area contributed by atoms with Gasteiger partial charge in [-0.1, -0.05) is 66.6 Å². The molecule has 1 atom stereocenters. The van der Waals surface area contributed by atoms with Gasteiger partial charge in [0, 0.05) is 43.5 Å². The molecule has 0 amide bonds. The predicted octanol–water partition coefficient (Wildman–Crippen LogP) is 8.42. The van der Waals surface area contributed by atoms with Crippen LogP contribution in [0.3, 0.4) is 0 Å². The Morgan fingerprint density at radius 2 is 1.27 bits per heavy atom. The standard InChI is InChI=1S/C15H14N2O.C15H13NO.C9H11N/c16-9-11-6-12-8-15(17-10-13(12)7-11)18-14-4-2-1-3-5-14;1-11-7-12-9-15(16-10-13(12)8-11)17-14-5-3-2-4-6-14;1-7-4-8-2-3-10-6-9(8)5-7/h1-6,8,10H,7,9,16H2;2-7,9-10H,8H2,1H3;2-3,6-7H,4-5H2,1H3. The number of fused-ring (bicyclic) bond motifs is 3. The molecule has 2 aromatic carbocycles. The Morgan fingerprint density at radius 3 is 1.87 bits per heavy atom. The monoisotopic (exact) mass is 594 g/mol. The van der Waals surface area contributed by atoms with Gasteiger partial charge in [0.15, 0.2) is 0 Å². The van der Waals surface area contributed by atoms with Crippen LogP contribution in [-0.4, -0.2) is 21.5 Å². The summed E-state index contributed by atoms with van der Waals surface area (Å²) in [5.74, 6) is 3.72. The van der Waals surface area contributed by atoms with Crippen LogP contribution in [0, 0.1) is 5.92 Å². The molecule has 0 spiro atoms. The average molecular weight is 595 g/mol. The van der Waals surface area contributed by atoms with Crippen LogP contribution in [-0.2, 0) is 25.7 Å². The summed E-state index contributed by atoms with van der Waals surface area (Å²) in [4.78, 5) is 12.7. The highest BCUT2D eigenvalue weighted by Gasteiger charge is 2.16. The van der Waals surface area contributed by atoms with Gasteiger partial charge in [0.25, 0.3) is 0 Å². The molecule has 1 unspecified atom stereocenters. The first-order valence-corrected chi connectivity index (χ1v) is 15.4.